The number of carboxylic acid groups (broad SMARTS) is 1. The Balaban J connectivity index is 2.14. The number of aryl methyl sites for hydroxylation is 1. The van der Waals surface area contributed by atoms with Crippen molar-refractivity contribution in [2.75, 3.05) is 0 Å². The van der Waals surface area contributed by atoms with Crippen LogP contribution in [0.4, 0.5) is 0 Å². The van der Waals surface area contributed by atoms with E-state index < -0.39 is 5.97 Å². The van der Waals surface area contributed by atoms with Crippen LogP contribution in [0.25, 0.3) is 0 Å². The highest BCUT2D eigenvalue weighted by Crippen LogP contribution is 2.28. The molecule has 1 aliphatic carbocycles. The smallest absolute Gasteiger partial charge is 0.341 e. The molecule has 1 N–H and O–H groups in total. The minimum atomic E-state index is -0.908. The molecule has 4 nitrogen and oxygen atoms in total. The SMILES string of the molecule is CCc1onc(CC2CCCCC2)c1C(=O)O. The van der Waals surface area contributed by atoms with Gasteiger partial charge in [0.15, 0.2) is 5.76 Å². The van der Waals surface area contributed by atoms with Crippen molar-refractivity contribution >= 4 is 5.97 Å². The maximum absolute atomic E-state index is 11.2. The summed E-state index contributed by atoms with van der Waals surface area (Å²) >= 11 is 0. The molecule has 0 aromatic carbocycles. The van der Waals surface area contributed by atoms with Crippen LogP contribution in [0.5, 0.6) is 0 Å². The first-order valence-electron chi connectivity index (χ1n) is 6.43. The van der Waals surface area contributed by atoms with E-state index in [0.29, 0.717) is 29.4 Å². The highest BCUT2D eigenvalue weighted by atomic mass is 16.5. The van der Waals surface area contributed by atoms with Gasteiger partial charge in [-0.15, -0.1) is 0 Å². The largest absolute Gasteiger partial charge is 0.477 e. The molecule has 0 atom stereocenters. The van der Waals surface area contributed by atoms with Crippen molar-refractivity contribution in [1.82, 2.24) is 5.16 Å². The number of aromatic nitrogens is 1. The van der Waals surface area contributed by atoms with Crippen molar-refractivity contribution in [3.8, 4) is 0 Å². The number of rotatable bonds is 4. The molecule has 1 aromatic heterocycles. The first-order valence-corrected chi connectivity index (χ1v) is 6.43. The molecule has 0 radical (unpaired) electrons. The number of hydrogen-bond acceptors (Lipinski definition) is 3. The van der Waals surface area contributed by atoms with E-state index in [2.05, 4.69) is 5.16 Å². The lowest BCUT2D eigenvalue weighted by atomic mass is 9.85. The highest BCUT2D eigenvalue weighted by Gasteiger charge is 2.24. The van der Waals surface area contributed by atoms with Gasteiger partial charge in [-0.25, -0.2) is 4.79 Å². The standard InChI is InChI=1S/C13H19NO3/c1-2-11-12(13(15)16)10(14-17-11)8-9-6-4-3-5-7-9/h9H,2-8H2,1H3,(H,15,16). The summed E-state index contributed by atoms with van der Waals surface area (Å²) in [6.07, 6.45) is 7.53. The molecule has 4 heteroatoms. The molecule has 1 aromatic rings. The topological polar surface area (TPSA) is 63.3 Å². The maximum Gasteiger partial charge on any atom is 0.341 e. The Bertz CT molecular complexity index is 391. The normalized spacial score (nSPS) is 17.2. The zero-order valence-electron chi connectivity index (χ0n) is 10.2. The molecular weight excluding hydrogens is 218 g/mol. The molecule has 0 bridgehead atoms. The second-order valence-corrected chi connectivity index (χ2v) is 4.79. The Morgan fingerprint density at radius 1 is 1.41 bits per heavy atom. The Labute approximate surface area is 101 Å². The maximum atomic E-state index is 11.2. The van der Waals surface area contributed by atoms with Gasteiger partial charge in [0, 0.05) is 6.42 Å². The van der Waals surface area contributed by atoms with E-state index in [0.717, 1.165) is 6.42 Å². The monoisotopic (exact) mass is 237 g/mol. The van der Waals surface area contributed by atoms with Gasteiger partial charge in [-0.3, -0.25) is 0 Å². The summed E-state index contributed by atoms with van der Waals surface area (Å²) in [5.41, 5.74) is 0.944. The fourth-order valence-corrected chi connectivity index (χ4v) is 2.65. The van der Waals surface area contributed by atoms with Gasteiger partial charge in [0.05, 0.1) is 5.69 Å². The molecule has 0 aliphatic heterocycles. The summed E-state index contributed by atoms with van der Waals surface area (Å²) in [6, 6.07) is 0. The van der Waals surface area contributed by atoms with E-state index in [1.807, 2.05) is 6.92 Å². The molecule has 1 fully saturated rings. The van der Waals surface area contributed by atoms with Gasteiger partial charge in [-0.2, -0.15) is 0 Å². The predicted octanol–water partition coefficient (Wildman–Crippen LogP) is 3.06. The zero-order chi connectivity index (χ0) is 12.3. The van der Waals surface area contributed by atoms with Crippen LogP contribution in [0.1, 0.15) is 60.8 Å². The van der Waals surface area contributed by atoms with Gasteiger partial charge in [-0.1, -0.05) is 44.2 Å². The third kappa shape index (κ3) is 2.68. The Morgan fingerprint density at radius 2 is 2.12 bits per heavy atom. The Kier molecular flexibility index (Phi) is 3.82. The van der Waals surface area contributed by atoms with Crippen LogP contribution in [0, 0.1) is 5.92 Å². The van der Waals surface area contributed by atoms with Crippen molar-refractivity contribution in [2.45, 2.75) is 51.9 Å². The second-order valence-electron chi connectivity index (χ2n) is 4.79. The van der Waals surface area contributed by atoms with Crippen LogP contribution in [0.2, 0.25) is 0 Å². The summed E-state index contributed by atoms with van der Waals surface area (Å²) in [4.78, 5) is 11.2. The Hall–Kier alpha value is -1.32. The van der Waals surface area contributed by atoms with E-state index in [-0.39, 0.29) is 0 Å². The van der Waals surface area contributed by atoms with Crippen molar-refractivity contribution in [3.63, 3.8) is 0 Å². The molecule has 0 spiro atoms. The number of aromatic carboxylic acids is 1. The number of nitrogens with zero attached hydrogens (tertiary/aromatic N) is 1. The van der Waals surface area contributed by atoms with E-state index in [1.165, 1.54) is 32.1 Å². The van der Waals surface area contributed by atoms with Crippen molar-refractivity contribution < 1.29 is 14.4 Å². The van der Waals surface area contributed by atoms with Gasteiger partial charge >= 0.3 is 5.97 Å². The summed E-state index contributed by atoms with van der Waals surface area (Å²) < 4.78 is 5.12. The quantitative estimate of drug-likeness (QED) is 0.874. The highest BCUT2D eigenvalue weighted by molar-refractivity contribution is 5.89. The minimum Gasteiger partial charge on any atom is -0.477 e. The molecule has 94 valence electrons. The first-order chi connectivity index (χ1) is 8.22. The van der Waals surface area contributed by atoms with Crippen molar-refractivity contribution in [3.05, 3.63) is 17.0 Å². The lowest BCUT2D eigenvalue weighted by molar-refractivity contribution is 0.0693. The first kappa shape index (κ1) is 12.1. The van der Waals surface area contributed by atoms with Gasteiger partial charge in [0.25, 0.3) is 0 Å². The average Bonchev–Trinajstić information content (AvgIpc) is 2.73. The van der Waals surface area contributed by atoms with Gasteiger partial charge in [0.2, 0.25) is 0 Å². The predicted molar refractivity (Wildman–Crippen MR) is 63.1 cm³/mol. The number of carbonyl (C=O) groups is 1. The Morgan fingerprint density at radius 3 is 2.71 bits per heavy atom. The second kappa shape index (κ2) is 5.34. The lowest BCUT2D eigenvalue weighted by Gasteiger charge is -2.20. The third-order valence-electron chi connectivity index (χ3n) is 3.58. The van der Waals surface area contributed by atoms with Crippen LogP contribution < -0.4 is 0 Å². The van der Waals surface area contributed by atoms with E-state index in [1.54, 1.807) is 0 Å². The number of hydrogen-bond donors (Lipinski definition) is 1. The summed E-state index contributed by atoms with van der Waals surface area (Å²) in [5.74, 6) is 0.175. The van der Waals surface area contributed by atoms with Crippen LogP contribution in [0.15, 0.2) is 4.52 Å². The average molecular weight is 237 g/mol. The molecular formula is C13H19NO3. The molecule has 0 saturated heterocycles. The molecule has 0 unspecified atom stereocenters. The lowest BCUT2D eigenvalue weighted by Crippen LogP contribution is -2.12. The molecule has 1 aliphatic rings. The molecule has 1 heterocycles. The fourth-order valence-electron chi connectivity index (χ4n) is 2.65. The van der Waals surface area contributed by atoms with Crippen LogP contribution in [-0.2, 0) is 12.8 Å². The molecule has 2 rings (SSSR count). The fraction of sp³-hybridized carbons (Fsp3) is 0.692. The summed E-state index contributed by atoms with van der Waals surface area (Å²) in [5, 5.41) is 13.1. The van der Waals surface area contributed by atoms with Crippen molar-refractivity contribution in [1.29, 1.82) is 0 Å². The minimum absolute atomic E-state index is 0.304. The zero-order valence-corrected chi connectivity index (χ0v) is 10.2. The number of carboxylic acids is 1. The molecule has 0 amide bonds. The van der Waals surface area contributed by atoms with Gasteiger partial charge in [-0.05, 0) is 12.3 Å². The van der Waals surface area contributed by atoms with E-state index in [9.17, 15) is 9.90 Å². The van der Waals surface area contributed by atoms with Crippen LogP contribution in [0.3, 0.4) is 0 Å². The molecule has 1 saturated carbocycles. The van der Waals surface area contributed by atoms with Crippen LogP contribution in [-0.4, -0.2) is 16.2 Å². The van der Waals surface area contributed by atoms with Gasteiger partial charge in [0.1, 0.15) is 5.56 Å². The third-order valence-corrected chi connectivity index (χ3v) is 3.58. The molecule has 17 heavy (non-hydrogen) atoms. The van der Waals surface area contributed by atoms with Gasteiger partial charge < -0.3 is 9.63 Å². The van der Waals surface area contributed by atoms with E-state index in [4.69, 9.17) is 4.52 Å². The van der Waals surface area contributed by atoms with Crippen molar-refractivity contribution in [2.24, 2.45) is 5.92 Å². The summed E-state index contributed by atoms with van der Waals surface area (Å²) in [7, 11) is 0. The summed E-state index contributed by atoms with van der Waals surface area (Å²) in [6.45, 7) is 1.89. The van der Waals surface area contributed by atoms with Crippen LogP contribution >= 0.6 is 0 Å². The van der Waals surface area contributed by atoms with E-state index >= 15 is 0 Å².